The summed E-state index contributed by atoms with van der Waals surface area (Å²) in [5.74, 6) is -0.971. The van der Waals surface area contributed by atoms with E-state index >= 15 is 0 Å². The Kier molecular flexibility index (Phi) is 38.6. The molecule has 320 valence electrons. The van der Waals surface area contributed by atoms with Gasteiger partial charge in [-0.3, -0.25) is 18.6 Å². The third kappa shape index (κ3) is 39.9. The molecule has 0 heterocycles. The molecule has 0 radical (unpaired) electrons. The Morgan fingerprint density at radius 1 is 0.564 bits per heavy atom. The number of carbonyl (C=O) groups is 2. The normalized spacial score (nSPS) is 14.3. The summed E-state index contributed by atoms with van der Waals surface area (Å²) in [6.07, 6.45) is 42.2. The highest BCUT2D eigenvalue weighted by Gasteiger charge is 2.27. The standard InChI is InChI=1S/C44H79O10P/c1-3-5-7-9-11-13-15-17-19-20-22-24-26-28-30-32-34-36-44(48)54-42(40-53-55(49,50)52-38-41(46)37-45)39-51-43(47)35-33-31-29-27-25-23-21-18-16-14-12-10-8-6-4-2/h6,8,12,14,18,21,25,27,41-42,45-46H,3-5,7,9-11,13,15-17,19-20,22-24,26,28-40H2,1-2H3,(H,49,50)/b8-6-,14-12-,21-18-,27-25-/t41-,42+/m0/s1. The maximum atomic E-state index is 12.6. The lowest BCUT2D eigenvalue weighted by Gasteiger charge is -2.20. The summed E-state index contributed by atoms with van der Waals surface area (Å²) >= 11 is 0. The van der Waals surface area contributed by atoms with Gasteiger partial charge >= 0.3 is 19.8 Å². The van der Waals surface area contributed by atoms with Crippen molar-refractivity contribution in [1.29, 1.82) is 0 Å². The molecule has 0 aliphatic heterocycles. The maximum absolute atomic E-state index is 12.6. The second-order valence-electron chi connectivity index (χ2n) is 14.3. The number of phosphoric ester groups is 1. The van der Waals surface area contributed by atoms with Crippen molar-refractivity contribution in [3.63, 3.8) is 0 Å². The Morgan fingerprint density at radius 3 is 1.51 bits per heavy atom. The number of phosphoric acid groups is 1. The Balaban J connectivity index is 4.34. The molecule has 0 fully saturated rings. The fourth-order valence-corrected chi connectivity index (χ4v) is 6.48. The van der Waals surface area contributed by atoms with Crippen molar-refractivity contribution in [1.82, 2.24) is 0 Å². The van der Waals surface area contributed by atoms with E-state index in [1.54, 1.807) is 0 Å². The van der Waals surface area contributed by atoms with E-state index in [9.17, 15) is 24.2 Å². The van der Waals surface area contributed by atoms with Gasteiger partial charge in [0, 0.05) is 12.8 Å². The minimum Gasteiger partial charge on any atom is -0.462 e. The molecule has 0 aromatic rings. The van der Waals surface area contributed by atoms with Gasteiger partial charge in [0.2, 0.25) is 0 Å². The Bertz CT molecular complexity index is 1060. The third-order valence-corrected chi connectivity index (χ3v) is 9.95. The van der Waals surface area contributed by atoms with Gasteiger partial charge in [0.25, 0.3) is 0 Å². The number of esters is 2. The van der Waals surface area contributed by atoms with Crippen LogP contribution < -0.4 is 0 Å². The Morgan fingerprint density at radius 2 is 1.00 bits per heavy atom. The van der Waals surface area contributed by atoms with Crippen LogP contribution >= 0.6 is 7.82 Å². The van der Waals surface area contributed by atoms with E-state index in [1.807, 2.05) is 0 Å². The summed E-state index contributed by atoms with van der Waals surface area (Å²) in [6, 6.07) is 0. The lowest BCUT2D eigenvalue weighted by molar-refractivity contribution is -0.161. The molecule has 1 unspecified atom stereocenters. The summed E-state index contributed by atoms with van der Waals surface area (Å²) < 4.78 is 32.7. The molecule has 0 saturated carbocycles. The quantitative estimate of drug-likeness (QED) is 0.0237. The molecule has 0 rings (SSSR count). The van der Waals surface area contributed by atoms with Gasteiger partial charge in [-0.15, -0.1) is 0 Å². The molecular formula is C44H79O10P. The number of hydrogen-bond donors (Lipinski definition) is 3. The smallest absolute Gasteiger partial charge is 0.462 e. The van der Waals surface area contributed by atoms with Crippen LogP contribution in [0.3, 0.4) is 0 Å². The summed E-state index contributed by atoms with van der Waals surface area (Å²) in [5.41, 5.74) is 0. The maximum Gasteiger partial charge on any atom is 0.472 e. The van der Waals surface area contributed by atoms with Gasteiger partial charge in [-0.05, 0) is 51.4 Å². The van der Waals surface area contributed by atoms with Crippen LogP contribution in [0.2, 0.25) is 0 Å². The number of rotatable bonds is 40. The number of carbonyl (C=O) groups excluding carboxylic acids is 2. The average Bonchev–Trinajstić information content (AvgIpc) is 3.17. The molecule has 0 saturated heterocycles. The summed E-state index contributed by atoms with van der Waals surface area (Å²) in [5, 5.41) is 18.3. The zero-order valence-corrected chi connectivity index (χ0v) is 35.5. The van der Waals surface area contributed by atoms with Crippen LogP contribution in [0.25, 0.3) is 0 Å². The van der Waals surface area contributed by atoms with Gasteiger partial charge < -0.3 is 24.6 Å². The van der Waals surface area contributed by atoms with Gasteiger partial charge in [0.05, 0.1) is 19.8 Å². The van der Waals surface area contributed by atoms with Crippen molar-refractivity contribution < 1.29 is 47.8 Å². The topological polar surface area (TPSA) is 149 Å². The summed E-state index contributed by atoms with van der Waals surface area (Å²) in [6.45, 7) is 2.23. The van der Waals surface area contributed by atoms with Crippen LogP contribution in [-0.4, -0.2) is 65.7 Å². The fourth-order valence-electron chi connectivity index (χ4n) is 5.69. The fraction of sp³-hybridized carbons (Fsp3) is 0.773. The Labute approximate surface area is 334 Å². The molecule has 0 aliphatic rings. The van der Waals surface area contributed by atoms with Crippen molar-refractivity contribution in [2.45, 2.75) is 193 Å². The van der Waals surface area contributed by atoms with E-state index in [2.05, 4.69) is 67.0 Å². The van der Waals surface area contributed by atoms with E-state index in [4.69, 9.17) is 19.1 Å². The van der Waals surface area contributed by atoms with Crippen molar-refractivity contribution in [3.8, 4) is 0 Å². The zero-order chi connectivity index (χ0) is 40.5. The number of aliphatic hydroxyl groups is 2. The monoisotopic (exact) mass is 799 g/mol. The molecule has 0 amide bonds. The predicted octanol–water partition coefficient (Wildman–Crippen LogP) is 11.3. The molecular weight excluding hydrogens is 719 g/mol. The van der Waals surface area contributed by atoms with Crippen LogP contribution in [0.15, 0.2) is 48.6 Å². The van der Waals surface area contributed by atoms with Crippen molar-refractivity contribution in [3.05, 3.63) is 48.6 Å². The van der Waals surface area contributed by atoms with Gasteiger partial charge in [0.1, 0.15) is 12.7 Å². The van der Waals surface area contributed by atoms with E-state index in [1.165, 1.54) is 83.5 Å². The number of hydrogen-bond acceptors (Lipinski definition) is 9. The van der Waals surface area contributed by atoms with E-state index < -0.39 is 51.8 Å². The first-order valence-corrected chi connectivity index (χ1v) is 23.1. The predicted molar refractivity (Wildman–Crippen MR) is 224 cm³/mol. The number of unbranched alkanes of at least 4 members (excludes halogenated alkanes) is 18. The van der Waals surface area contributed by atoms with Gasteiger partial charge in [-0.25, -0.2) is 4.57 Å². The molecule has 0 spiro atoms. The zero-order valence-electron chi connectivity index (χ0n) is 34.6. The molecule has 55 heavy (non-hydrogen) atoms. The average molecular weight is 799 g/mol. The van der Waals surface area contributed by atoms with Crippen LogP contribution in [-0.2, 0) is 32.7 Å². The van der Waals surface area contributed by atoms with Crippen LogP contribution in [0.5, 0.6) is 0 Å². The van der Waals surface area contributed by atoms with Crippen LogP contribution in [0.1, 0.15) is 181 Å². The molecule has 10 nitrogen and oxygen atoms in total. The van der Waals surface area contributed by atoms with Gasteiger partial charge in [-0.2, -0.15) is 0 Å². The highest BCUT2D eigenvalue weighted by Crippen LogP contribution is 2.43. The molecule has 0 aromatic heterocycles. The van der Waals surface area contributed by atoms with Crippen molar-refractivity contribution in [2.75, 3.05) is 26.4 Å². The largest absolute Gasteiger partial charge is 0.472 e. The van der Waals surface area contributed by atoms with Crippen LogP contribution in [0.4, 0.5) is 0 Å². The number of ether oxygens (including phenoxy) is 2. The van der Waals surface area contributed by atoms with E-state index in [-0.39, 0.29) is 19.4 Å². The van der Waals surface area contributed by atoms with Gasteiger partial charge in [0.15, 0.2) is 6.10 Å². The van der Waals surface area contributed by atoms with Crippen molar-refractivity contribution >= 4 is 19.8 Å². The molecule has 0 bridgehead atoms. The molecule has 0 aromatic carbocycles. The third-order valence-electron chi connectivity index (χ3n) is 9.00. The minimum atomic E-state index is -4.63. The highest BCUT2D eigenvalue weighted by atomic mass is 31.2. The minimum absolute atomic E-state index is 0.177. The van der Waals surface area contributed by atoms with E-state index in [0.717, 1.165) is 57.8 Å². The Hall–Kier alpha value is -2.07. The molecule has 11 heteroatoms. The molecule has 3 atom stereocenters. The first-order valence-electron chi connectivity index (χ1n) is 21.6. The van der Waals surface area contributed by atoms with Crippen LogP contribution in [0, 0.1) is 0 Å². The highest BCUT2D eigenvalue weighted by molar-refractivity contribution is 7.47. The molecule has 0 aliphatic carbocycles. The first-order chi connectivity index (χ1) is 26.7. The van der Waals surface area contributed by atoms with Gasteiger partial charge in [-0.1, -0.05) is 165 Å². The SMILES string of the molecule is CC/C=C\C/C=C\C/C=C\C/C=C\CCCCC(=O)OC[C@H](COP(=O)(O)OC[C@@H](O)CO)OC(=O)CCCCCCCCCCCCCCCCCCC. The van der Waals surface area contributed by atoms with E-state index in [0.29, 0.717) is 12.8 Å². The summed E-state index contributed by atoms with van der Waals surface area (Å²) in [4.78, 5) is 35.0. The number of aliphatic hydroxyl groups excluding tert-OH is 2. The first kappa shape index (κ1) is 52.9. The lowest BCUT2D eigenvalue weighted by Crippen LogP contribution is -2.29. The second kappa shape index (κ2) is 40.1. The van der Waals surface area contributed by atoms with Crippen molar-refractivity contribution in [2.24, 2.45) is 0 Å². The number of allylic oxidation sites excluding steroid dienone is 8. The molecule has 3 N–H and O–H groups in total. The second-order valence-corrected chi connectivity index (χ2v) is 15.8. The lowest BCUT2D eigenvalue weighted by atomic mass is 10.0. The summed E-state index contributed by atoms with van der Waals surface area (Å²) in [7, 11) is -4.63.